The standard InChI is InChI=1S/C13H12ClN3OS2/c14-11-10(12(18)16-9-3-5-19-7-9)20-13(17-11)8-2-1-4-15-6-8/h1-2,4,6,9H,3,5,7H2,(H,16,18). The van der Waals surface area contributed by atoms with Crippen molar-refractivity contribution in [3.05, 3.63) is 34.6 Å². The van der Waals surface area contributed by atoms with Gasteiger partial charge in [-0.3, -0.25) is 9.78 Å². The summed E-state index contributed by atoms with van der Waals surface area (Å²) in [4.78, 5) is 21.0. The van der Waals surface area contributed by atoms with Gasteiger partial charge < -0.3 is 5.32 Å². The van der Waals surface area contributed by atoms with E-state index in [1.54, 1.807) is 12.4 Å². The molecule has 1 atom stereocenters. The summed E-state index contributed by atoms with van der Waals surface area (Å²) >= 11 is 9.25. The fourth-order valence-electron chi connectivity index (χ4n) is 1.95. The summed E-state index contributed by atoms with van der Waals surface area (Å²) in [7, 11) is 0. The molecule has 20 heavy (non-hydrogen) atoms. The van der Waals surface area contributed by atoms with Crippen molar-refractivity contribution in [2.24, 2.45) is 0 Å². The third kappa shape index (κ3) is 2.97. The van der Waals surface area contributed by atoms with Gasteiger partial charge in [-0.2, -0.15) is 11.8 Å². The van der Waals surface area contributed by atoms with Crippen molar-refractivity contribution in [1.29, 1.82) is 0 Å². The van der Waals surface area contributed by atoms with Gasteiger partial charge in [0.25, 0.3) is 5.91 Å². The van der Waals surface area contributed by atoms with Gasteiger partial charge >= 0.3 is 0 Å². The lowest BCUT2D eigenvalue weighted by Crippen LogP contribution is -2.34. The number of amides is 1. The van der Waals surface area contributed by atoms with E-state index in [0.29, 0.717) is 9.88 Å². The van der Waals surface area contributed by atoms with Gasteiger partial charge in [-0.25, -0.2) is 4.98 Å². The lowest BCUT2D eigenvalue weighted by atomic mass is 10.2. The zero-order chi connectivity index (χ0) is 13.9. The van der Waals surface area contributed by atoms with Gasteiger partial charge in [-0.1, -0.05) is 11.6 Å². The molecule has 104 valence electrons. The van der Waals surface area contributed by atoms with Crippen molar-refractivity contribution in [3.8, 4) is 10.6 Å². The van der Waals surface area contributed by atoms with Gasteiger partial charge in [0.15, 0.2) is 5.15 Å². The number of carbonyl (C=O) groups is 1. The number of hydrogen-bond donors (Lipinski definition) is 1. The summed E-state index contributed by atoms with van der Waals surface area (Å²) in [5.74, 6) is 1.94. The third-order valence-corrected chi connectivity index (χ3v) is 5.62. The molecular weight excluding hydrogens is 314 g/mol. The molecule has 1 saturated heterocycles. The number of aromatic nitrogens is 2. The number of thiazole rings is 1. The predicted octanol–water partition coefficient (Wildman–Crippen LogP) is 3.09. The van der Waals surface area contributed by atoms with Crippen LogP contribution in [0.15, 0.2) is 24.5 Å². The van der Waals surface area contributed by atoms with E-state index in [0.717, 1.165) is 23.5 Å². The minimum Gasteiger partial charge on any atom is -0.348 e. The summed E-state index contributed by atoms with van der Waals surface area (Å²) in [5.41, 5.74) is 0.870. The van der Waals surface area contributed by atoms with Crippen LogP contribution in [0.4, 0.5) is 0 Å². The molecule has 4 nitrogen and oxygen atoms in total. The largest absolute Gasteiger partial charge is 0.348 e. The second kappa shape index (κ2) is 6.11. The zero-order valence-electron chi connectivity index (χ0n) is 10.5. The molecule has 0 saturated carbocycles. The van der Waals surface area contributed by atoms with Gasteiger partial charge in [-0.15, -0.1) is 11.3 Å². The number of nitrogens with one attached hydrogen (secondary N) is 1. The molecule has 1 fully saturated rings. The molecule has 1 unspecified atom stereocenters. The minimum atomic E-state index is -0.129. The van der Waals surface area contributed by atoms with E-state index in [-0.39, 0.29) is 17.1 Å². The molecule has 0 aliphatic carbocycles. The number of carbonyl (C=O) groups excluding carboxylic acids is 1. The van der Waals surface area contributed by atoms with Crippen molar-refractivity contribution in [2.75, 3.05) is 11.5 Å². The maximum absolute atomic E-state index is 12.2. The molecule has 1 aliphatic rings. The van der Waals surface area contributed by atoms with Crippen molar-refractivity contribution in [3.63, 3.8) is 0 Å². The first kappa shape index (κ1) is 13.9. The molecule has 7 heteroatoms. The predicted molar refractivity (Wildman–Crippen MR) is 83.6 cm³/mol. The highest BCUT2D eigenvalue weighted by atomic mass is 35.5. The van der Waals surface area contributed by atoms with Crippen molar-refractivity contribution in [1.82, 2.24) is 15.3 Å². The molecule has 0 aromatic carbocycles. The third-order valence-electron chi connectivity index (χ3n) is 2.97. The van der Waals surface area contributed by atoms with E-state index in [4.69, 9.17) is 11.6 Å². The summed E-state index contributed by atoms with van der Waals surface area (Å²) in [6.45, 7) is 0. The second-order valence-electron chi connectivity index (χ2n) is 4.41. The Bertz CT molecular complexity index is 611. The Kier molecular flexibility index (Phi) is 4.24. The summed E-state index contributed by atoms with van der Waals surface area (Å²) in [5, 5.41) is 3.99. The Balaban J connectivity index is 1.80. The highest BCUT2D eigenvalue weighted by Gasteiger charge is 2.22. The number of rotatable bonds is 3. The van der Waals surface area contributed by atoms with Crippen LogP contribution in [0, 0.1) is 0 Å². The first-order valence-electron chi connectivity index (χ1n) is 6.19. The average molecular weight is 326 g/mol. The van der Waals surface area contributed by atoms with E-state index < -0.39 is 0 Å². The van der Waals surface area contributed by atoms with Crippen LogP contribution in [0.1, 0.15) is 16.1 Å². The van der Waals surface area contributed by atoms with Gasteiger partial charge in [-0.05, 0) is 24.3 Å². The summed E-state index contributed by atoms with van der Waals surface area (Å²) < 4.78 is 0. The van der Waals surface area contributed by atoms with Crippen LogP contribution < -0.4 is 5.32 Å². The Morgan fingerprint density at radius 3 is 3.10 bits per heavy atom. The number of thioether (sulfide) groups is 1. The smallest absolute Gasteiger partial charge is 0.264 e. The summed E-state index contributed by atoms with van der Waals surface area (Å²) in [6, 6.07) is 3.98. The second-order valence-corrected chi connectivity index (χ2v) is 6.92. The molecule has 0 spiro atoms. The Morgan fingerprint density at radius 2 is 2.40 bits per heavy atom. The monoisotopic (exact) mass is 325 g/mol. The van der Waals surface area contributed by atoms with Crippen molar-refractivity contribution < 1.29 is 4.79 Å². The maximum atomic E-state index is 12.2. The molecular formula is C13H12ClN3OS2. The minimum absolute atomic E-state index is 0.129. The zero-order valence-corrected chi connectivity index (χ0v) is 12.9. The van der Waals surface area contributed by atoms with Crippen LogP contribution in [0.2, 0.25) is 5.15 Å². The molecule has 3 rings (SSSR count). The van der Waals surface area contributed by atoms with Crippen molar-refractivity contribution >= 4 is 40.6 Å². The van der Waals surface area contributed by atoms with Crippen LogP contribution in [0.25, 0.3) is 10.6 Å². The van der Waals surface area contributed by atoms with Crippen LogP contribution in [-0.4, -0.2) is 33.4 Å². The van der Waals surface area contributed by atoms with E-state index in [1.165, 1.54) is 11.3 Å². The van der Waals surface area contributed by atoms with E-state index in [1.807, 2.05) is 23.9 Å². The van der Waals surface area contributed by atoms with E-state index >= 15 is 0 Å². The van der Waals surface area contributed by atoms with E-state index in [9.17, 15) is 4.79 Å². The number of nitrogens with zero attached hydrogens (tertiary/aromatic N) is 2. The SMILES string of the molecule is O=C(NC1CCSC1)c1sc(-c2cccnc2)nc1Cl. The molecule has 1 amide bonds. The quantitative estimate of drug-likeness (QED) is 0.942. The molecule has 1 N–H and O–H groups in total. The number of hydrogen-bond acceptors (Lipinski definition) is 5. The topological polar surface area (TPSA) is 54.9 Å². The van der Waals surface area contributed by atoms with Crippen LogP contribution >= 0.6 is 34.7 Å². The number of pyridine rings is 1. The molecule has 0 bridgehead atoms. The first-order chi connectivity index (χ1) is 9.74. The molecule has 3 heterocycles. The summed E-state index contributed by atoms with van der Waals surface area (Å²) in [6.07, 6.45) is 4.43. The van der Waals surface area contributed by atoms with Gasteiger partial charge in [0.05, 0.1) is 0 Å². The first-order valence-corrected chi connectivity index (χ1v) is 8.54. The van der Waals surface area contributed by atoms with Gasteiger partial charge in [0, 0.05) is 29.8 Å². The average Bonchev–Trinajstić information content (AvgIpc) is 3.09. The normalized spacial score (nSPS) is 18.1. The Morgan fingerprint density at radius 1 is 1.50 bits per heavy atom. The highest BCUT2D eigenvalue weighted by Crippen LogP contribution is 2.30. The molecule has 2 aromatic heterocycles. The van der Waals surface area contributed by atoms with Crippen LogP contribution in [0.5, 0.6) is 0 Å². The van der Waals surface area contributed by atoms with E-state index in [2.05, 4.69) is 15.3 Å². The fourth-order valence-corrected chi connectivity index (χ4v) is 4.29. The van der Waals surface area contributed by atoms with Crippen LogP contribution in [0.3, 0.4) is 0 Å². The number of halogens is 1. The van der Waals surface area contributed by atoms with Gasteiger partial charge in [0.1, 0.15) is 9.88 Å². The van der Waals surface area contributed by atoms with Gasteiger partial charge in [0.2, 0.25) is 0 Å². The van der Waals surface area contributed by atoms with Crippen molar-refractivity contribution in [2.45, 2.75) is 12.5 Å². The maximum Gasteiger partial charge on any atom is 0.264 e. The molecule has 0 radical (unpaired) electrons. The molecule has 2 aromatic rings. The highest BCUT2D eigenvalue weighted by molar-refractivity contribution is 7.99. The molecule has 1 aliphatic heterocycles. The Hall–Kier alpha value is -1.11. The lowest BCUT2D eigenvalue weighted by molar-refractivity contribution is 0.0945. The lowest BCUT2D eigenvalue weighted by Gasteiger charge is -2.09. The fraction of sp³-hybridized carbons (Fsp3) is 0.308. The van der Waals surface area contributed by atoms with Crippen LogP contribution in [-0.2, 0) is 0 Å². The Labute approximate surface area is 130 Å².